The van der Waals surface area contributed by atoms with Crippen LogP contribution in [0.1, 0.15) is 67.6 Å². The highest BCUT2D eigenvalue weighted by Gasteiger charge is 2.38. The molecule has 1 heterocycles. The first-order chi connectivity index (χ1) is 19.3. The number of nitrogens with zero attached hydrogens (tertiary/aromatic N) is 1. The van der Waals surface area contributed by atoms with Crippen molar-refractivity contribution in [1.29, 1.82) is 0 Å². The number of aliphatic carboxylic acids is 1. The topological polar surface area (TPSA) is 77.9 Å². The number of carboxylic acids is 1. The van der Waals surface area contributed by atoms with Gasteiger partial charge in [0.15, 0.2) is 11.6 Å². The number of pyridine rings is 1. The van der Waals surface area contributed by atoms with Crippen LogP contribution in [0.2, 0.25) is 0 Å². The Balaban J connectivity index is 1.48. The lowest BCUT2D eigenvalue weighted by molar-refractivity contribution is -0.137. The van der Waals surface area contributed by atoms with Gasteiger partial charge in [0.25, 0.3) is 0 Å². The van der Waals surface area contributed by atoms with Gasteiger partial charge in [0.2, 0.25) is 5.88 Å². The fourth-order valence-electron chi connectivity index (χ4n) is 6.22. The van der Waals surface area contributed by atoms with Gasteiger partial charge in [-0.1, -0.05) is 43.2 Å². The lowest BCUT2D eigenvalue weighted by atomic mass is 9.75. The lowest BCUT2D eigenvalue weighted by Crippen LogP contribution is -2.29. The fourth-order valence-corrected chi connectivity index (χ4v) is 6.22. The number of halogens is 2. The number of rotatable bonds is 12. The third-order valence-electron chi connectivity index (χ3n) is 8.34. The Bertz CT molecular complexity index is 1370. The van der Waals surface area contributed by atoms with E-state index in [-0.39, 0.29) is 36.0 Å². The van der Waals surface area contributed by atoms with Crippen molar-refractivity contribution in [2.45, 2.75) is 62.9 Å². The van der Waals surface area contributed by atoms with E-state index in [0.29, 0.717) is 23.6 Å². The molecule has 212 valence electrons. The SMILES string of the molecule is COCC1(c2cc(COc3cccc([C@@H](CC(=O)O)C4CC4)c3F)ccc2-c2cc(OC)ncc2F)CCCC1. The van der Waals surface area contributed by atoms with Crippen LogP contribution in [0.4, 0.5) is 8.78 Å². The van der Waals surface area contributed by atoms with E-state index in [0.717, 1.165) is 55.2 Å². The molecule has 2 fully saturated rings. The normalized spacial score (nSPS) is 17.0. The summed E-state index contributed by atoms with van der Waals surface area (Å²) in [6.07, 6.45) is 6.78. The van der Waals surface area contributed by atoms with Crippen molar-refractivity contribution in [2.24, 2.45) is 5.92 Å². The van der Waals surface area contributed by atoms with E-state index in [9.17, 15) is 9.90 Å². The van der Waals surface area contributed by atoms with E-state index in [2.05, 4.69) is 4.98 Å². The van der Waals surface area contributed by atoms with Crippen molar-refractivity contribution in [3.8, 4) is 22.8 Å². The van der Waals surface area contributed by atoms with Crippen LogP contribution in [-0.4, -0.2) is 36.9 Å². The average molecular weight is 552 g/mol. The predicted molar refractivity (Wildman–Crippen MR) is 147 cm³/mol. The van der Waals surface area contributed by atoms with Crippen molar-refractivity contribution < 1.29 is 32.9 Å². The van der Waals surface area contributed by atoms with E-state index in [1.807, 2.05) is 18.2 Å². The molecule has 1 N–H and O–H groups in total. The van der Waals surface area contributed by atoms with Gasteiger partial charge in [0.05, 0.1) is 26.3 Å². The van der Waals surface area contributed by atoms with E-state index in [4.69, 9.17) is 14.2 Å². The number of methoxy groups -OCH3 is 2. The van der Waals surface area contributed by atoms with Crippen molar-refractivity contribution in [2.75, 3.05) is 20.8 Å². The van der Waals surface area contributed by atoms with Crippen molar-refractivity contribution in [3.05, 3.63) is 77.0 Å². The fraction of sp³-hybridized carbons (Fsp3) is 0.438. The first-order valence-corrected chi connectivity index (χ1v) is 13.8. The lowest BCUT2D eigenvalue weighted by Gasteiger charge is -2.32. The summed E-state index contributed by atoms with van der Waals surface area (Å²) >= 11 is 0. The van der Waals surface area contributed by atoms with Crippen LogP contribution in [0.5, 0.6) is 11.6 Å². The maximum Gasteiger partial charge on any atom is 0.303 e. The molecule has 0 bridgehead atoms. The summed E-state index contributed by atoms with van der Waals surface area (Å²) in [6.45, 7) is 0.600. The minimum Gasteiger partial charge on any atom is -0.486 e. The third-order valence-corrected chi connectivity index (χ3v) is 8.34. The molecule has 2 saturated carbocycles. The van der Waals surface area contributed by atoms with Gasteiger partial charge in [-0.3, -0.25) is 4.79 Å². The van der Waals surface area contributed by atoms with E-state index >= 15 is 8.78 Å². The van der Waals surface area contributed by atoms with Crippen LogP contribution in [0, 0.1) is 17.6 Å². The number of benzene rings is 2. The monoisotopic (exact) mass is 551 g/mol. The van der Waals surface area contributed by atoms with Gasteiger partial charge in [0.1, 0.15) is 12.4 Å². The highest BCUT2D eigenvalue weighted by atomic mass is 19.1. The molecule has 0 amide bonds. The summed E-state index contributed by atoms with van der Waals surface area (Å²) in [7, 11) is 3.18. The first kappa shape index (κ1) is 28.0. The Morgan fingerprint density at radius 3 is 2.55 bits per heavy atom. The molecule has 1 atom stereocenters. The summed E-state index contributed by atoms with van der Waals surface area (Å²) < 4.78 is 47.5. The van der Waals surface area contributed by atoms with E-state index in [1.54, 1.807) is 31.4 Å². The van der Waals surface area contributed by atoms with E-state index in [1.165, 1.54) is 13.3 Å². The van der Waals surface area contributed by atoms with Gasteiger partial charge >= 0.3 is 5.97 Å². The van der Waals surface area contributed by atoms with Crippen molar-refractivity contribution >= 4 is 5.97 Å². The Morgan fingerprint density at radius 1 is 1.10 bits per heavy atom. The maximum atomic E-state index is 15.6. The molecule has 2 aliphatic carbocycles. The molecule has 6 nitrogen and oxygen atoms in total. The standard InChI is InChI=1S/C32H35F2NO5/c1-38-19-32(12-3-4-13-32)26-14-20(8-11-22(26)25-15-29(39-2)35-17-27(25)33)18-40-28-7-5-6-23(31(28)34)24(16-30(36)37)21-9-10-21/h5-8,11,14-15,17,21,24H,3-4,9-10,12-13,16,18-19H2,1-2H3,(H,36,37)/t24-/m0/s1. The Kier molecular flexibility index (Phi) is 8.35. The summed E-state index contributed by atoms with van der Waals surface area (Å²) in [5.74, 6) is -1.64. The smallest absolute Gasteiger partial charge is 0.303 e. The summed E-state index contributed by atoms with van der Waals surface area (Å²) in [4.78, 5) is 15.4. The molecule has 2 aromatic carbocycles. The highest BCUT2D eigenvalue weighted by Crippen LogP contribution is 2.47. The molecule has 0 radical (unpaired) electrons. The number of aromatic nitrogens is 1. The maximum absolute atomic E-state index is 15.6. The van der Waals surface area contributed by atoms with Crippen LogP contribution in [0.25, 0.3) is 11.1 Å². The zero-order valence-electron chi connectivity index (χ0n) is 22.9. The number of carbonyl (C=O) groups is 1. The molecule has 0 aliphatic heterocycles. The molecule has 8 heteroatoms. The van der Waals surface area contributed by atoms with Crippen molar-refractivity contribution in [3.63, 3.8) is 0 Å². The zero-order chi connectivity index (χ0) is 28.3. The second-order valence-corrected chi connectivity index (χ2v) is 11.0. The van der Waals surface area contributed by atoms with E-state index < -0.39 is 17.6 Å². The van der Waals surface area contributed by atoms with Crippen molar-refractivity contribution in [1.82, 2.24) is 4.98 Å². The van der Waals surface area contributed by atoms with Crippen LogP contribution in [0.15, 0.2) is 48.7 Å². The number of carboxylic acid groups (broad SMARTS) is 1. The predicted octanol–water partition coefficient (Wildman–Crippen LogP) is 7.04. The molecule has 0 unspecified atom stereocenters. The Labute approximate surface area is 233 Å². The highest BCUT2D eigenvalue weighted by molar-refractivity contribution is 5.71. The zero-order valence-corrected chi connectivity index (χ0v) is 22.9. The number of hydrogen-bond acceptors (Lipinski definition) is 5. The van der Waals surface area contributed by atoms with Gasteiger partial charge in [-0.2, -0.15) is 0 Å². The van der Waals surface area contributed by atoms with Crippen LogP contribution < -0.4 is 9.47 Å². The van der Waals surface area contributed by atoms with Gasteiger partial charge in [-0.25, -0.2) is 13.8 Å². The third kappa shape index (κ3) is 5.82. The Hall–Kier alpha value is -3.52. The van der Waals surface area contributed by atoms with Gasteiger partial charge in [-0.05, 0) is 59.9 Å². The quantitative estimate of drug-likeness (QED) is 0.260. The average Bonchev–Trinajstić information content (AvgIpc) is 3.69. The van der Waals surface area contributed by atoms with Crippen LogP contribution in [0.3, 0.4) is 0 Å². The summed E-state index contributed by atoms with van der Waals surface area (Å²) in [5, 5.41) is 9.36. The van der Waals surface area contributed by atoms with Gasteiger partial charge < -0.3 is 19.3 Å². The molecule has 5 rings (SSSR count). The molecule has 0 saturated heterocycles. The van der Waals surface area contributed by atoms with Crippen LogP contribution in [-0.2, 0) is 21.6 Å². The summed E-state index contributed by atoms with van der Waals surface area (Å²) in [6, 6.07) is 12.3. The Morgan fingerprint density at radius 2 is 1.88 bits per heavy atom. The molecular weight excluding hydrogens is 516 g/mol. The summed E-state index contributed by atoms with van der Waals surface area (Å²) in [5.41, 5.74) is 3.03. The first-order valence-electron chi connectivity index (χ1n) is 13.8. The minimum atomic E-state index is -0.935. The molecule has 2 aliphatic rings. The molecule has 3 aromatic rings. The number of ether oxygens (including phenoxy) is 3. The van der Waals surface area contributed by atoms with Gasteiger partial charge in [0, 0.05) is 30.1 Å². The van der Waals surface area contributed by atoms with Gasteiger partial charge in [-0.15, -0.1) is 0 Å². The molecular formula is C32H35F2NO5. The minimum absolute atomic E-state index is 0.0940. The second kappa shape index (κ2) is 11.9. The largest absolute Gasteiger partial charge is 0.486 e. The second-order valence-electron chi connectivity index (χ2n) is 11.0. The molecule has 40 heavy (non-hydrogen) atoms. The van der Waals surface area contributed by atoms with Crippen LogP contribution >= 0.6 is 0 Å². The molecule has 0 spiro atoms. The molecule has 1 aromatic heterocycles. The number of hydrogen-bond donors (Lipinski definition) is 1.